The van der Waals surface area contributed by atoms with Crippen molar-refractivity contribution in [1.29, 1.82) is 0 Å². The highest BCUT2D eigenvalue weighted by molar-refractivity contribution is 5.88. The Morgan fingerprint density at radius 1 is 1.13 bits per heavy atom. The number of carboxylic acids is 1. The van der Waals surface area contributed by atoms with Crippen molar-refractivity contribution in [3.8, 4) is 16.9 Å². The van der Waals surface area contributed by atoms with Crippen LogP contribution in [0.5, 0.6) is 0 Å². The van der Waals surface area contributed by atoms with Crippen LogP contribution in [0.1, 0.15) is 27.0 Å². The van der Waals surface area contributed by atoms with Gasteiger partial charge in [-0.25, -0.2) is 9.48 Å². The van der Waals surface area contributed by atoms with E-state index in [1.165, 1.54) is 22.3 Å². The summed E-state index contributed by atoms with van der Waals surface area (Å²) < 4.78 is 1.79. The third-order valence-corrected chi connectivity index (χ3v) is 4.33. The number of carbonyl (C=O) groups is 1. The number of aromatic nitrogens is 2. The van der Waals surface area contributed by atoms with Gasteiger partial charge in [-0.05, 0) is 55.2 Å². The van der Waals surface area contributed by atoms with E-state index in [2.05, 4.69) is 25.1 Å². The number of carboxylic acid groups (broad SMARTS) is 1. The molecule has 4 heteroatoms. The predicted molar refractivity (Wildman–Crippen MR) is 88.1 cm³/mol. The molecule has 114 valence electrons. The lowest BCUT2D eigenvalue weighted by atomic mass is 9.89. The molecular formula is C19H16N2O2. The van der Waals surface area contributed by atoms with Crippen LogP contribution in [-0.4, -0.2) is 20.9 Å². The lowest BCUT2D eigenvalue weighted by Crippen LogP contribution is -2.02. The Morgan fingerprint density at radius 3 is 2.78 bits per heavy atom. The average molecular weight is 304 g/mol. The van der Waals surface area contributed by atoms with Crippen LogP contribution in [0.15, 0.2) is 48.7 Å². The van der Waals surface area contributed by atoms with Gasteiger partial charge in [0.2, 0.25) is 0 Å². The molecule has 0 aliphatic heterocycles. The second kappa shape index (κ2) is 5.09. The zero-order chi connectivity index (χ0) is 16.0. The van der Waals surface area contributed by atoms with Crippen molar-refractivity contribution in [1.82, 2.24) is 9.78 Å². The molecule has 0 saturated heterocycles. The first kappa shape index (κ1) is 13.8. The molecule has 0 atom stereocenters. The van der Waals surface area contributed by atoms with Gasteiger partial charge in [0.15, 0.2) is 0 Å². The number of fused-ring (bicyclic) bond motifs is 3. The summed E-state index contributed by atoms with van der Waals surface area (Å²) in [6, 6.07) is 13.4. The van der Waals surface area contributed by atoms with Crippen LogP contribution in [0.4, 0.5) is 0 Å². The first-order chi connectivity index (χ1) is 11.1. The van der Waals surface area contributed by atoms with Crippen molar-refractivity contribution in [2.24, 2.45) is 0 Å². The maximum atomic E-state index is 11.2. The van der Waals surface area contributed by atoms with Crippen molar-refractivity contribution in [3.63, 3.8) is 0 Å². The number of aryl methyl sites for hydroxylation is 3. The van der Waals surface area contributed by atoms with Gasteiger partial charge in [0.1, 0.15) is 0 Å². The van der Waals surface area contributed by atoms with E-state index in [9.17, 15) is 4.79 Å². The Labute approximate surface area is 134 Å². The zero-order valence-corrected chi connectivity index (χ0v) is 12.8. The van der Waals surface area contributed by atoms with Crippen LogP contribution >= 0.6 is 0 Å². The molecule has 1 aromatic heterocycles. The molecule has 1 aliphatic rings. The minimum atomic E-state index is -0.926. The number of hydrogen-bond donors (Lipinski definition) is 1. The van der Waals surface area contributed by atoms with Crippen molar-refractivity contribution in [2.75, 3.05) is 0 Å². The standard InChI is InChI=1S/C19H16N2O2/c1-12-5-6-13-7-8-15-11-21(20-18(15)17(13)9-12)16-4-2-3-14(10-16)19(22)23/h2-6,9-11H,7-8H2,1H3,(H,22,23). The maximum absolute atomic E-state index is 11.2. The fraction of sp³-hybridized carbons (Fsp3) is 0.158. The molecule has 2 aromatic carbocycles. The SMILES string of the molecule is Cc1ccc2c(c1)-c1nn(-c3cccc(C(=O)O)c3)cc1CC2. The summed E-state index contributed by atoms with van der Waals surface area (Å²) in [5.74, 6) is -0.926. The molecule has 23 heavy (non-hydrogen) atoms. The molecule has 1 heterocycles. The quantitative estimate of drug-likeness (QED) is 0.786. The van der Waals surface area contributed by atoms with E-state index in [1.54, 1.807) is 22.9 Å². The van der Waals surface area contributed by atoms with E-state index in [1.807, 2.05) is 12.3 Å². The Hall–Kier alpha value is -2.88. The van der Waals surface area contributed by atoms with Gasteiger partial charge in [-0.15, -0.1) is 0 Å². The molecule has 0 bridgehead atoms. The molecule has 0 unspecified atom stereocenters. The zero-order valence-electron chi connectivity index (χ0n) is 12.8. The van der Waals surface area contributed by atoms with E-state index in [4.69, 9.17) is 10.2 Å². The van der Waals surface area contributed by atoms with E-state index >= 15 is 0 Å². The second-order valence-corrected chi connectivity index (χ2v) is 5.96. The van der Waals surface area contributed by atoms with Crippen LogP contribution in [0.3, 0.4) is 0 Å². The van der Waals surface area contributed by atoms with Gasteiger partial charge in [-0.3, -0.25) is 0 Å². The Balaban J connectivity index is 1.83. The average Bonchev–Trinajstić information content (AvgIpc) is 2.99. The van der Waals surface area contributed by atoms with Crippen LogP contribution in [0, 0.1) is 6.92 Å². The van der Waals surface area contributed by atoms with E-state index < -0.39 is 5.97 Å². The van der Waals surface area contributed by atoms with Gasteiger partial charge < -0.3 is 5.11 Å². The summed E-state index contributed by atoms with van der Waals surface area (Å²) in [7, 11) is 0. The van der Waals surface area contributed by atoms with Crippen molar-refractivity contribution < 1.29 is 9.90 Å². The minimum Gasteiger partial charge on any atom is -0.478 e. The highest BCUT2D eigenvalue weighted by atomic mass is 16.4. The van der Waals surface area contributed by atoms with Crippen molar-refractivity contribution in [3.05, 3.63) is 70.9 Å². The lowest BCUT2D eigenvalue weighted by molar-refractivity contribution is 0.0697. The molecule has 3 aromatic rings. The third kappa shape index (κ3) is 2.32. The fourth-order valence-corrected chi connectivity index (χ4v) is 3.13. The Bertz CT molecular complexity index is 925. The molecule has 1 aliphatic carbocycles. The highest BCUT2D eigenvalue weighted by Gasteiger charge is 2.20. The summed E-state index contributed by atoms with van der Waals surface area (Å²) in [5.41, 5.74) is 7.01. The van der Waals surface area contributed by atoms with Crippen LogP contribution in [-0.2, 0) is 12.8 Å². The number of hydrogen-bond acceptors (Lipinski definition) is 2. The summed E-state index contributed by atoms with van der Waals surface area (Å²) in [5, 5.41) is 13.9. The van der Waals surface area contributed by atoms with E-state index in [0.717, 1.165) is 24.2 Å². The van der Waals surface area contributed by atoms with Crippen LogP contribution < -0.4 is 0 Å². The first-order valence-corrected chi connectivity index (χ1v) is 7.64. The predicted octanol–water partition coefficient (Wildman–Crippen LogP) is 3.64. The van der Waals surface area contributed by atoms with Gasteiger partial charge in [-0.2, -0.15) is 5.10 Å². The molecule has 0 amide bonds. The van der Waals surface area contributed by atoms with E-state index in [0.29, 0.717) is 0 Å². The minimum absolute atomic E-state index is 0.271. The van der Waals surface area contributed by atoms with Crippen molar-refractivity contribution >= 4 is 5.97 Å². The fourth-order valence-electron chi connectivity index (χ4n) is 3.13. The topological polar surface area (TPSA) is 55.1 Å². The molecule has 1 N–H and O–H groups in total. The number of benzene rings is 2. The smallest absolute Gasteiger partial charge is 0.335 e. The number of aromatic carboxylic acids is 1. The monoisotopic (exact) mass is 304 g/mol. The Kier molecular flexibility index (Phi) is 3.05. The maximum Gasteiger partial charge on any atom is 0.335 e. The van der Waals surface area contributed by atoms with Crippen LogP contribution in [0.25, 0.3) is 16.9 Å². The van der Waals surface area contributed by atoms with E-state index in [-0.39, 0.29) is 5.56 Å². The normalized spacial score (nSPS) is 12.6. The summed E-state index contributed by atoms with van der Waals surface area (Å²) >= 11 is 0. The number of rotatable bonds is 2. The summed E-state index contributed by atoms with van der Waals surface area (Å²) in [6.07, 6.45) is 4.00. The molecule has 4 rings (SSSR count). The van der Waals surface area contributed by atoms with Gasteiger partial charge in [-0.1, -0.05) is 23.8 Å². The van der Waals surface area contributed by atoms with Gasteiger partial charge in [0, 0.05) is 11.8 Å². The van der Waals surface area contributed by atoms with Crippen LogP contribution in [0.2, 0.25) is 0 Å². The number of nitrogens with zero attached hydrogens (tertiary/aromatic N) is 2. The van der Waals surface area contributed by atoms with Gasteiger partial charge in [0.05, 0.1) is 16.9 Å². The molecule has 0 saturated carbocycles. The summed E-state index contributed by atoms with van der Waals surface area (Å²) in [6.45, 7) is 2.09. The molecule has 0 fully saturated rings. The molecule has 4 nitrogen and oxygen atoms in total. The largest absolute Gasteiger partial charge is 0.478 e. The van der Waals surface area contributed by atoms with Gasteiger partial charge in [0.25, 0.3) is 0 Å². The second-order valence-electron chi connectivity index (χ2n) is 5.96. The van der Waals surface area contributed by atoms with Crippen molar-refractivity contribution in [2.45, 2.75) is 19.8 Å². The molecule has 0 spiro atoms. The molecule has 0 radical (unpaired) electrons. The first-order valence-electron chi connectivity index (χ1n) is 7.64. The highest BCUT2D eigenvalue weighted by Crippen LogP contribution is 2.33. The molecular weight excluding hydrogens is 288 g/mol. The summed E-state index contributed by atoms with van der Waals surface area (Å²) in [4.78, 5) is 11.2. The third-order valence-electron chi connectivity index (χ3n) is 4.33. The Morgan fingerprint density at radius 2 is 1.96 bits per heavy atom. The van der Waals surface area contributed by atoms with Gasteiger partial charge >= 0.3 is 5.97 Å². The lowest BCUT2D eigenvalue weighted by Gasteiger charge is -2.15.